The van der Waals surface area contributed by atoms with Crippen molar-refractivity contribution in [3.8, 4) is 5.75 Å². The van der Waals surface area contributed by atoms with Gasteiger partial charge in [0.2, 0.25) is 0 Å². The van der Waals surface area contributed by atoms with Gasteiger partial charge >= 0.3 is 6.18 Å². The third-order valence-electron chi connectivity index (χ3n) is 3.13. The molecule has 7 heteroatoms. The van der Waals surface area contributed by atoms with Crippen molar-refractivity contribution in [1.82, 2.24) is 0 Å². The molecule has 0 amide bonds. The highest BCUT2D eigenvalue weighted by Crippen LogP contribution is 2.36. The van der Waals surface area contributed by atoms with E-state index < -0.39 is 28.5 Å². The Kier molecular flexibility index (Phi) is 6.54. The summed E-state index contributed by atoms with van der Waals surface area (Å²) in [5, 5.41) is 0. The van der Waals surface area contributed by atoms with Crippen LogP contribution in [0.3, 0.4) is 0 Å². The molecule has 0 bridgehead atoms. The number of hydrogen-bond donors (Lipinski definition) is 1. The van der Waals surface area contributed by atoms with Crippen LogP contribution >= 0.6 is 0 Å². The topological polar surface area (TPSA) is 52.3 Å². The molecule has 0 aliphatic carbocycles. The van der Waals surface area contributed by atoms with E-state index >= 15 is 0 Å². The van der Waals surface area contributed by atoms with Crippen molar-refractivity contribution < 1.29 is 27.1 Å². The fraction of sp³-hybridized carbons (Fsp3) is 0.471. The SMILES string of the molecule is CC(C)(C)CC(=O)c1ccc(OC/C(=C/F)CN)cc1C(F)(F)F. The Labute approximate surface area is 138 Å². The molecule has 1 aromatic rings. The zero-order chi connectivity index (χ0) is 18.5. The largest absolute Gasteiger partial charge is 0.489 e. The summed E-state index contributed by atoms with van der Waals surface area (Å²) in [6.07, 6.45) is -4.46. The second-order valence-electron chi connectivity index (χ2n) is 6.63. The van der Waals surface area contributed by atoms with Gasteiger partial charge in [-0.2, -0.15) is 13.2 Å². The highest BCUT2D eigenvalue weighted by atomic mass is 19.4. The van der Waals surface area contributed by atoms with Crippen molar-refractivity contribution in [3.05, 3.63) is 41.2 Å². The first-order valence-corrected chi connectivity index (χ1v) is 7.33. The van der Waals surface area contributed by atoms with Gasteiger partial charge in [0.05, 0.1) is 11.9 Å². The number of ether oxygens (including phenoxy) is 1. The molecule has 1 rings (SSSR count). The van der Waals surface area contributed by atoms with Crippen LogP contribution in [0.5, 0.6) is 5.75 Å². The summed E-state index contributed by atoms with van der Waals surface area (Å²) in [6.45, 7) is 4.94. The van der Waals surface area contributed by atoms with Gasteiger partial charge in [0.1, 0.15) is 12.4 Å². The molecule has 0 saturated carbocycles. The Balaban J connectivity index is 3.13. The number of nitrogens with two attached hydrogens (primary N) is 1. The van der Waals surface area contributed by atoms with Crippen LogP contribution in [-0.2, 0) is 6.18 Å². The molecule has 0 spiro atoms. The van der Waals surface area contributed by atoms with Gasteiger partial charge in [-0.05, 0) is 23.6 Å². The summed E-state index contributed by atoms with van der Waals surface area (Å²) in [5.41, 5.74) is 3.47. The van der Waals surface area contributed by atoms with Gasteiger partial charge in [0.25, 0.3) is 0 Å². The molecular formula is C17H21F4NO2. The van der Waals surface area contributed by atoms with Crippen LogP contribution < -0.4 is 10.5 Å². The number of hydrogen-bond acceptors (Lipinski definition) is 3. The molecule has 0 saturated heterocycles. The van der Waals surface area contributed by atoms with E-state index in [9.17, 15) is 22.4 Å². The fourth-order valence-electron chi connectivity index (χ4n) is 1.98. The number of benzene rings is 1. The van der Waals surface area contributed by atoms with E-state index in [1.165, 1.54) is 6.07 Å². The van der Waals surface area contributed by atoms with Crippen LogP contribution in [0.25, 0.3) is 0 Å². The maximum atomic E-state index is 13.3. The minimum absolute atomic E-state index is 0.0157. The van der Waals surface area contributed by atoms with Crippen molar-refractivity contribution in [3.63, 3.8) is 0 Å². The third-order valence-corrected chi connectivity index (χ3v) is 3.13. The van der Waals surface area contributed by atoms with Gasteiger partial charge in [-0.25, -0.2) is 4.39 Å². The molecule has 0 aliphatic rings. The molecule has 134 valence electrons. The van der Waals surface area contributed by atoms with Gasteiger partial charge in [0, 0.05) is 24.1 Å². The van der Waals surface area contributed by atoms with E-state index in [1.54, 1.807) is 20.8 Å². The Hall–Kier alpha value is -1.89. The maximum absolute atomic E-state index is 13.3. The van der Waals surface area contributed by atoms with E-state index in [-0.39, 0.29) is 37.2 Å². The van der Waals surface area contributed by atoms with E-state index in [4.69, 9.17) is 10.5 Å². The predicted molar refractivity (Wildman–Crippen MR) is 83.6 cm³/mol. The van der Waals surface area contributed by atoms with E-state index in [2.05, 4.69) is 0 Å². The second kappa shape index (κ2) is 7.79. The lowest BCUT2D eigenvalue weighted by molar-refractivity contribution is -0.138. The lowest BCUT2D eigenvalue weighted by Crippen LogP contribution is -2.18. The average molecular weight is 347 g/mol. The normalized spacial score (nSPS) is 13.1. The smallest absolute Gasteiger partial charge is 0.417 e. The highest BCUT2D eigenvalue weighted by molar-refractivity contribution is 5.98. The standard InChI is InChI=1S/C17H21F4NO2/c1-16(2,3)7-15(23)13-5-4-12(6-14(13)17(19,20)21)24-10-11(8-18)9-22/h4-6,8H,7,9-10,22H2,1-3H3/b11-8+. The molecule has 0 aromatic heterocycles. The first-order valence-electron chi connectivity index (χ1n) is 7.33. The first kappa shape index (κ1) is 20.2. The zero-order valence-electron chi connectivity index (χ0n) is 13.8. The zero-order valence-corrected chi connectivity index (χ0v) is 13.8. The number of alkyl halides is 3. The molecule has 0 heterocycles. The van der Waals surface area contributed by atoms with E-state index in [1.807, 2.05) is 0 Å². The van der Waals surface area contributed by atoms with Gasteiger partial charge in [-0.1, -0.05) is 20.8 Å². The van der Waals surface area contributed by atoms with Crippen molar-refractivity contribution in [2.45, 2.75) is 33.4 Å². The maximum Gasteiger partial charge on any atom is 0.417 e. The Bertz CT molecular complexity index is 616. The molecule has 0 fully saturated rings. The molecule has 1 aromatic carbocycles. The number of halogens is 4. The van der Waals surface area contributed by atoms with Crippen LogP contribution in [0.2, 0.25) is 0 Å². The summed E-state index contributed by atoms with van der Waals surface area (Å²) in [7, 11) is 0. The van der Waals surface area contributed by atoms with Crippen LogP contribution in [-0.4, -0.2) is 18.9 Å². The number of carbonyl (C=O) groups excluding carboxylic acids is 1. The number of carbonyl (C=O) groups is 1. The first-order chi connectivity index (χ1) is 11.0. The molecule has 0 radical (unpaired) electrons. The van der Waals surface area contributed by atoms with Gasteiger partial charge < -0.3 is 10.5 Å². The number of rotatable bonds is 6. The summed E-state index contributed by atoms with van der Waals surface area (Å²) < 4.78 is 57.3. The van der Waals surface area contributed by atoms with Crippen LogP contribution in [0.4, 0.5) is 17.6 Å². The molecule has 0 aliphatic heterocycles. The van der Waals surface area contributed by atoms with Crippen LogP contribution in [0.1, 0.15) is 43.1 Å². The summed E-state index contributed by atoms with van der Waals surface area (Å²) in [6, 6.07) is 3.10. The van der Waals surface area contributed by atoms with Crippen molar-refractivity contribution in [1.29, 1.82) is 0 Å². The van der Waals surface area contributed by atoms with Gasteiger partial charge in [-0.15, -0.1) is 0 Å². The lowest BCUT2D eigenvalue weighted by atomic mass is 9.86. The third kappa shape index (κ3) is 5.96. The van der Waals surface area contributed by atoms with Crippen LogP contribution in [0.15, 0.2) is 30.1 Å². The second-order valence-corrected chi connectivity index (χ2v) is 6.63. The lowest BCUT2D eigenvalue weighted by Gasteiger charge is -2.19. The monoisotopic (exact) mass is 347 g/mol. The van der Waals surface area contributed by atoms with Gasteiger partial charge in [0.15, 0.2) is 5.78 Å². The molecule has 3 nitrogen and oxygen atoms in total. The quantitative estimate of drug-likeness (QED) is 0.608. The summed E-state index contributed by atoms with van der Waals surface area (Å²) in [5.74, 6) is -0.699. The number of ketones is 1. The number of Topliss-reactive ketones (excluding diaryl/α,β-unsaturated/α-hetero) is 1. The summed E-state index contributed by atoms with van der Waals surface area (Å²) >= 11 is 0. The average Bonchev–Trinajstić information content (AvgIpc) is 2.45. The Morgan fingerprint density at radius 1 is 1.25 bits per heavy atom. The van der Waals surface area contributed by atoms with Crippen LogP contribution in [0, 0.1) is 5.41 Å². The molecule has 2 N–H and O–H groups in total. The van der Waals surface area contributed by atoms with E-state index in [0.717, 1.165) is 12.1 Å². The highest BCUT2D eigenvalue weighted by Gasteiger charge is 2.36. The van der Waals surface area contributed by atoms with Gasteiger partial charge in [-0.3, -0.25) is 4.79 Å². The van der Waals surface area contributed by atoms with Crippen molar-refractivity contribution in [2.24, 2.45) is 11.1 Å². The summed E-state index contributed by atoms with van der Waals surface area (Å²) in [4.78, 5) is 12.2. The van der Waals surface area contributed by atoms with Crippen molar-refractivity contribution >= 4 is 5.78 Å². The van der Waals surface area contributed by atoms with Crippen molar-refractivity contribution in [2.75, 3.05) is 13.2 Å². The van der Waals surface area contributed by atoms with E-state index in [0.29, 0.717) is 0 Å². The molecular weight excluding hydrogens is 326 g/mol. The minimum atomic E-state index is -4.70. The minimum Gasteiger partial charge on any atom is -0.489 e. The molecule has 0 atom stereocenters. The predicted octanol–water partition coefficient (Wildman–Crippen LogP) is 4.52. The molecule has 0 unspecified atom stereocenters. The Morgan fingerprint density at radius 3 is 2.33 bits per heavy atom. The fourth-order valence-corrected chi connectivity index (χ4v) is 1.98. The Morgan fingerprint density at radius 2 is 1.88 bits per heavy atom. The molecule has 24 heavy (non-hydrogen) atoms.